The van der Waals surface area contributed by atoms with Gasteiger partial charge in [0.1, 0.15) is 11.5 Å². The van der Waals surface area contributed by atoms with Crippen LogP contribution in [-0.2, 0) is 4.74 Å². The van der Waals surface area contributed by atoms with Crippen LogP contribution in [0.5, 0.6) is 11.5 Å². The first-order valence-corrected chi connectivity index (χ1v) is 7.34. The number of fused-ring (bicyclic) bond motifs is 2. The Balaban J connectivity index is 1.71. The fourth-order valence-corrected chi connectivity index (χ4v) is 3.40. The van der Waals surface area contributed by atoms with Crippen LogP contribution in [0.3, 0.4) is 0 Å². The number of benzene rings is 1. The molecular formula is C16H23NO3. The molecule has 0 spiro atoms. The monoisotopic (exact) mass is 277 g/mol. The van der Waals surface area contributed by atoms with Crippen LogP contribution in [0.25, 0.3) is 0 Å². The van der Waals surface area contributed by atoms with E-state index in [9.17, 15) is 0 Å². The van der Waals surface area contributed by atoms with Crippen molar-refractivity contribution >= 4 is 0 Å². The molecule has 4 unspecified atom stereocenters. The molecule has 4 atom stereocenters. The minimum absolute atomic E-state index is 0.240. The summed E-state index contributed by atoms with van der Waals surface area (Å²) in [5.74, 6) is 1.69. The van der Waals surface area contributed by atoms with Gasteiger partial charge in [-0.3, -0.25) is 0 Å². The number of hydrogen-bond donors (Lipinski definition) is 1. The van der Waals surface area contributed by atoms with Crippen LogP contribution >= 0.6 is 0 Å². The van der Waals surface area contributed by atoms with Gasteiger partial charge in [-0.15, -0.1) is 0 Å². The van der Waals surface area contributed by atoms with E-state index < -0.39 is 0 Å². The summed E-state index contributed by atoms with van der Waals surface area (Å²) in [5.41, 5.74) is 1.16. The van der Waals surface area contributed by atoms with Crippen molar-refractivity contribution in [2.75, 3.05) is 14.2 Å². The van der Waals surface area contributed by atoms with Gasteiger partial charge in [0.05, 0.1) is 26.4 Å². The normalized spacial score (nSPS) is 29.4. The summed E-state index contributed by atoms with van der Waals surface area (Å²) in [4.78, 5) is 0. The van der Waals surface area contributed by atoms with Gasteiger partial charge in [-0.05, 0) is 32.3 Å². The van der Waals surface area contributed by atoms with Crippen molar-refractivity contribution < 1.29 is 14.2 Å². The van der Waals surface area contributed by atoms with Gasteiger partial charge < -0.3 is 19.5 Å². The summed E-state index contributed by atoms with van der Waals surface area (Å²) >= 11 is 0. The zero-order valence-corrected chi connectivity index (χ0v) is 12.4. The molecule has 0 radical (unpaired) electrons. The lowest BCUT2D eigenvalue weighted by atomic mass is 9.94. The molecule has 0 aromatic heterocycles. The molecule has 2 aliphatic heterocycles. The maximum atomic E-state index is 5.90. The Kier molecular flexibility index (Phi) is 3.85. The summed E-state index contributed by atoms with van der Waals surface area (Å²) < 4.78 is 16.6. The van der Waals surface area contributed by atoms with Crippen LogP contribution in [0.15, 0.2) is 18.2 Å². The van der Waals surface area contributed by atoms with E-state index in [0.29, 0.717) is 18.2 Å². The molecule has 0 amide bonds. The van der Waals surface area contributed by atoms with Crippen LogP contribution in [0, 0.1) is 0 Å². The summed E-state index contributed by atoms with van der Waals surface area (Å²) in [7, 11) is 3.37. The van der Waals surface area contributed by atoms with E-state index in [2.05, 4.69) is 18.3 Å². The van der Waals surface area contributed by atoms with Gasteiger partial charge in [0.15, 0.2) is 0 Å². The highest BCUT2D eigenvalue weighted by Gasteiger charge is 2.41. The van der Waals surface area contributed by atoms with E-state index in [4.69, 9.17) is 14.2 Å². The van der Waals surface area contributed by atoms with Crippen molar-refractivity contribution in [3.8, 4) is 11.5 Å². The molecule has 2 heterocycles. The number of hydrogen-bond acceptors (Lipinski definition) is 4. The van der Waals surface area contributed by atoms with Crippen molar-refractivity contribution in [1.82, 2.24) is 5.32 Å². The summed E-state index contributed by atoms with van der Waals surface area (Å²) in [6, 6.07) is 6.70. The van der Waals surface area contributed by atoms with E-state index in [1.54, 1.807) is 14.2 Å². The Bertz CT molecular complexity index is 477. The Labute approximate surface area is 120 Å². The first-order chi connectivity index (χ1) is 9.71. The highest BCUT2D eigenvalue weighted by Crippen LogP contribution is 2.36. The molecule has 1 aromatic rings. The zero-order chi connectivity index (χ0) is 14.1. The molecule has 110 valence electrons. The Morgan fingerprint density at radius 1 is 1.25 bits per heavy atom. The molecule has 1 N–H and O–H groups in total. The Morgan fingerprint density at radius 2 is 2.10 bits per heavy atom. The first kappa shape index (κ1) is 13.7. The van der Waals surface area contributed by atoms with Gasteiger partial charge in [0.25, 0.3) is 0 Å². The maximum Gasteiger partial charge on any atom is 0.127 e. The molecule has 2 aliphatic rings. The van der Waals surface area contributed by atoms with Crippen molar-refractivity contribution in [3.63, 3.8) is 0 Å². The molecule has 3 rings (SSSR count). The minimum Gasteiger partial charge on any atom is -0.497 e. The largest absolute Gasteiger partial charge is 0.497 e. The zero-order valence-electron chi connectivity index (χ0n) is 12.4. The third kappa shape index (κ3) is 2.50. The lowest BCUT2D eigenvalue weighted by Crippen LogP contribution is -2.39. The number of nitrogens with one attached hydrogen (secondary N) is 1. The van der Waals surface area contributed by atoms with E-state index in [-0.39, 0.29) is 6.04 Å². The van der Waals surface area contributed by atoms with Gasteiger partial charge in [0, 0.05) is 23.7 Å². The molecule has 0 saturated carbocycles. The minimum atomic E-state index is 0.240. The molecular weight excluding hydrogens is 254 g/mol. The fourth-order valence-electron chi connectivity index (χ4n) is 3.40. The predicted molar refractivity (Wildman–Crippen MR) is 77.4 cm³/mol. The summed E-state index contributed by atoms with van der Waals surface area (Å²) in [5, 5.41) is 3.69. The van der Waals surface area contributed by atoms with Gasteiger partial charge >= 0.3 is 0 Å². The molecule has 2 fully saturated rings. The molecule has 0 aliphatic carbocycles. The van der Waals surface area contributed by atoms with Gasteiger partial charge in [-0.25, -0.2) is 0 Å². The Hall–Kier alpha value is -1.26. The van der Waals surface area contributed by atoms with Crippen LogP contribution in [0.1, 0.15) is 37.8 Å². The van der Waals surface area contributed by atoms with Crippen LogP contribution in [0.4, 0.5) is 0 Å². The molecule has 4 nitrogen and oxygen atoms in total. The number of ether oxygens (including phenoxy) is 3. The Morgan fingerprint density at radius 3 is 2.70 bits per heavy atom. The number of methoxy groups -OCH3 is 2. The quantitative estimate of drug-likeness (QED) is 0.898. The summed E-state index contributed by atoms with van der Waals surface area (Å²) in [6.07, 6.45) is 4.42. The van der Waals surface area contributed by atoms with Crippen LogP contribution in [0.2, 0.25) is 0 Å². The highest BCUT2D eigenvalue weighted by atomic mass is 16.5. The number of rotatable bonds is 5. The first-order valence-electron chi connectivity index (χ1n) is 7.34. The van der Waals surface area contributed by atoms with E-state index in [1.807, 2.05) is 12.1 Å². The third-order valence-corrected chi connectivity index (χ3v) is 4.48. The standard InChI is InChI=1S/C16H23NO3/c1-10(17-14-8-12-5-7-15(14)20-12)13-6-4-11(18-2)9-16(13)19-3/h4,6,9-10,12,14-15,17H,5,7-8H2,1-3H3. The summed E-state index contributed by atoms with van der Waals surface area (Å²) in [6.45, 7) is 2.18. The smallest absolute Gasteiger partial charge is 0.127 e. The molecule has 20 heavy (non-hydrogen) atoms. The molecule has 2 saturated heterocycles. The fraction of sp³-hybridized carbons (Fsp3) is 0.625. The predicted octanol–water partition coefficient (Wildman–Crippen LogP) is 2.67. The average molecular weight is 277 g/mol. The van der Waals surface area contributed by atoms with Crippen molar-refractivity contribution in [2.24, 2.45) is 0 Å². The lowest BCUT2D eigenvalue weighted by molar-refractivity contribution is 0.0962. The average Bonchev–Trinajstić information content (AvgIpc) is 3.09. The maximum absolute atomic E-state index is 5.90. The van der Waals surface area contributed by atoms with E-state index in [0.717, 1.165) is 23.5 Å². The van der Waals surface area contributed by atoms with Crippen LogP contribution < -0.4 is 14.8 Å². The van der Waals surface area contributed by atoms with Crippen molar-refractivity contribution in [2.45, 2.75) is 50.5 Å². The second kappa shape index (κ2) is 5.62. The van der Waals surface area contributed by atoms with Crippen LogP contribution in [-0.4, -0.2) is 32.5 Å². The second-order valence-corrected chi connectivity index (χ2v) is 5.71. The van der Waals surface area contributed by atoms with E-state index >= 15 is 0 Å². The van der Waals surface area contributed by atoms with E-state index in [1.165, 1.54) is 12.8 Å². The lowest BCUT2D eigenvalue weighted by Gasteiger charge is -2.26. The molecule has 1 aromatic carbocycles. The highest BCUT2D eigenvalue weighted by molar-refractivity contribution is 5.42. The van der Waals surface area contributed by atoms with Gasteiger partial charge in [0.2, 0.25) is 0 Å². The molecule has 2 bridgehead atoms. The molecule has 4 heteroatoms. The second-order valence-electron chi connectivity index (χ2n) is 5.71. The van der Waals surface area contributed by atoms with Crippen molar-refractivity contribution in [3.05, 3.63) is 23.8 Å². The van der Waals surface area contributed by atoms with Gasteiger partial charge in [-0.2, -0.15) is 0 Å². The topological polar surface area (TPSA) is 39.7 Å². The third-order valence-electron chi connectivity index (χ3n) is 4.48. The van der Waals surface area contributed by atoms with Gasteiger partial charge in [-0.1, -0.05) is 6.07 Å². The van der Waals surface area contributed by atoms with Crippen molar-refractivity contribution in [1.29, 1.82) is 0 Å². The SMILES string of the molecule is COc1ccc(C(C)NC2CC3CCC2O3)c(OC)c1.